The van der Waals surface area contributed by atoms with Gasteiger partial charge in [-0.15, -0.1) is 0 Å². The highest BCUT2D eigenvalue weighted by Gasteiger charge is 2.16. The maximum Gasteiger partial charge on any atom is 0.262 e. The van der Waals surface area contributed by atoms with Crippen LogP contribution in [0.3, 0.4) is 0 Å². The summed E-state index contributed by atoms with van der Waals surface area (Å²) < 4.78 is 10.7. The molecule has 1 fully saturated rings. The molecule has 36 heavy (non-hydrogen) atoms. The Hall–Kier alpha value is -4.04. The van der Waals surface area contributed by atoms with Crippen molar-refractivity contribution in [3.8, 4) is 11.5 Å². The van der Waals surface area contributed by atoms with Gasteiger partial charge < -0.3 is 29.9 Å². The molecule has 0 saturated carbocycles. The molecule has 8 nitrogen and oxygen atoms in total. The number of likely N-dealkylation sites (N-methyl/N-ethyl adjacent to an activating group) is 1. The van der Waals surface area contributed by atoms with Gasteiger partial charge in [0.2, 0.25) is 0 Å². The smallest absolute Gasteiger partial charge is 0.262 e. The number of ether oxygens (including phenoxy) is 2. The first-order chi connectivity index (χ1) is 17.4. The number of amides is 2. The van der Waals surface area contributed by atoms with Crippen LogP contribution in [0.1, 0.15) is 15.9 Å². The van der Waals surface area contributed by atoms with Crippen molar-refractivity contribution in [1.82, 2.24) is 4.90 Å². The van der Waals surface area contributed by atoms with Gasteiger partial charge in [-0.2, -0.15) is 0 Å². The van der Waals surface area contributed by atoms with Crippen LogP contribution in [0, 0.1) is 6.92 Å². The van der Waals surface area contributed by atoms with Gasteiger partial charge in [-0.25, -0.2) is 0 Å². The number of carbonyl (C=O) groups excluding carboxylic acids is 2. The summed E-state index contributed by atoms with van der Waals surface area (Å²) in [4.78, 5) is 29.6. The minimum Gasteiger partial charge on any atom is -0.497 e. The first-order valence-corrected chi connectivity index (χ1v) is 11.9. The molecule has 3 aromatic carbocycles. The molecule has 2 N–H and O–H groups in total. The van der Waals surface area contributed by atoms with E-state index in [0.29, 0.717) is 22.7 Å². The van der Waals surface area contributed by atoms with E-state index in [1.807, 2.05) is 12.1 Å². The third kappa shape index (κ3) is 6.55. The van der Waals surface area contributed by atoms with E-state index >= 15 is 0 Å². The van der Waals surface area contributed by atoms with E-state index in [9.17, 15) is 9.59 Å². The standard InChI is InChI=1S/C28H32N4O4/c1-20-17-23(9-12-26(20)32-15-13-31(2)14-16-32)30-28(34)21-7-10-24(11-8-21)36-19-27(33)29-22-5-4-6-25(18-22)35-3/h4-12,17-18H,13-16,19H2,1-3H3,(H,29,33)(H,30,34). The average molecular weight is 489 g/mol. The Morgan fingerprint density at radius 3 is 2.28 bits per heavy atom. The second kappa shape index (κ2) is 11.6. The molecule has 1 aliphatic heterocycles. The molecule has 1 saturated heterocycles. The predicted molar refractivity (Wildman–Crippen MR) is 142 cm³/mol. The van der Waals surface area contributed by atoms with Crippen molar-refractivity contribution in [2.24, 2.45) is 0 Å². The van der Waals surface area contributed by atoms with Crippen molar-refractivity contribution in [2.75, 3.05) is 62.5 Å². The lowest BCUT2D eigenvalue weighted by molar-refractivity contribution is -0.118. The molecule has 4 rings (SSSR count). The van der Waals surface area contributed by atoms with Crippen LogP contribution in [0.15, 0.2) is 66.7 Å². The third-order valence-corrected chi connectivity index (χ3v) is 6.14. The van der Waals surface area contributed by atoms with Crippen molar-refractivity contribution < 1.29 is 19.1 Å². The van der Waals surface area contributed by atoms with Crippen molar-refractivity contribution in [1.29, 1.82) is 0 Å². The van der Waals surface area contributed by atoms with Gasteiger partial charge in [0.1, 0.15) is 11.5 Å². The van der Waals surface area contributed by atoms with E-state index in [0.717, 1.165) is 37.4 Å². The van der Waals surface area contributed by atoms with Gasteiger partial charge >= 0.3 is 0 Å². The van der Waals surface area contributed by atoms with Crippen molar-refractivity contribution in [2.45, 2.75) is 6.92 Å². The maximum absolute atomic E-state index is 12.7. The summed E-state index contributed by atoms with van der Waals surface area (Å²) in [5.74, 6) is 0.660. The Labute approximate surface area is 211 Å². The minimum atomic E-state index is -0.291. The number of nitrogens with one attached hydrogen (secondary N) is 2. The Morgan fingerprint density at radius 1 is 0.861 bits per heavy atom. The summed E-state index contributed by atoms with van der Waals surface area (Å²) in [6, 6.07) is 19.8. The molecule has 0 bridgehead atoms. The monoisotopic (exact) mass is 488 g/mol. The van der Waals surface area contributed by atoms with Crippen molar-refractivity contribution in [3.63, 3.8) is 0 Å². The molecule has 1 heterocycles. The van der Waals surface area contributed by atoms with Gasteiger partial charge in [-0.1, -0.05) is 6.07 Å². The summed E-state index contributed by atoms with van der Waals surface area (Å²) in [6.45, 7) is 6.01. The third-order valence-electron chi connectivity index (χ3n) is 6.14. The first kappa shape index (κ1) is 25.1. The van der Waals surface area contributed by atoms with Gasteiger partial charge in [-0.3, -0.25) is 9.59 Å². The Bertz CT molecular complexity index is 1200. The van der Waals surface area contributed by atoms with E-state index in [1.165, 1.54) is 5.69 Å². The fraction of sp³-hybridized carbons (Fsp3) is 0.286. The maximum atomic E-state index is 12.7. The van der Waals surface area contributed by atoms with Gasteiger partial charge in [0.15, 0.2) is 6.61 Å². The molecule has 0 unspecified atom stereocenters. The summed E-state index contributed by atoms with van der Waals surface area (Å²) in [5, 5.41) is 5.72. The van der Waals surface area contributed by atoms with Crippen LogP contribution in [0.5, 0.6) is 11.5 Å². The highest BCUT2D eigenvalue weighted by Crippen LogP contribution is 2.25. The van der Waals surface area contributed by atoms with Crippen LogP contribution < -0.4 is 25.0 Å². The second-order valence-corrected chi connectivity index (χ2v) is 8.84. The normalized spacial score (nSPS) is 13.7. The van der Waals surface area contributed by atoms with E-state index in [1.54, 1.807) is 55.6 Å². The SMILES string of the molecule is COc1cccc(NC(=O)COc2ccc(C(=O)Nc3ccc(N4CCN(C)CC4)c(C)c3)cc2)c1. The average Bonchev–Trinajstić information content (AvgIpc) is 2.88. The molecule has 1 aliphatic rings. The fourth-order valence-electron chi connectivity index (χ4n) is 4.09. The van der Waals surface area contributed by atoms with E-state index in [2.05, 4.69) is 40.5 Å². The molecule has 0 atom stereocenters. The molecular weight excluding hydrogens is 456 g/mol. The van der Waals surface area contributed by atoms with Crippen molar-refractivity contribution in [3.05, 3.63) is 77.9 Å². The van der Waals surface area contributed by atoms with Gasteiger partial charge in [0.25, 0.3) is 11.8 Å². The van der Waals surface area contributed by atoms with Crippen LogP contribution in [-0.2, 0) is 4.79 Å². The Kier molecular flexibility index (Phi) is 8.07. The minimum absolute atomic E-state index is 0.151. The summed E-state index contributed by atoms with van der Waals surface area (Å²) in [7, 11) is 3.71. The number of hydrogen-bond donors (Lipinski definition) is 2. The van der Waals surface area contributed by atoms with Crippen LogP contribution in [0.4, 0.5) is 17.1 Å². The topological polar surface area (TPSA) is 83.1 Å². The molecule has 188 valence electrons. The van der Waals surface area contributed by atoms with E-state index in [4.69, 9.17) is 9.47 Å². The highest BCUT2D eigenvalue weighted by atomic mass is 16.5. The second-order valence-electron chi connectivity index (χ2n) is 8.84. The quantitative estimate of drug-likeness (QED) is 0.498. The number of rotatable bonds is 8. The van der Waals surface area contributed by atoms with Crippen LogP contribution in [-0.4, -0.2) is 63.7 Å². The lowest BCUT2D eigenvalue weighted by Gasteiger charge is -2.35. The number of hydrogen-bond acceptors (Lipinski definition) is 6. The number of methoxy groups -OCH3 is 1. The van der Waals surface area contributed by atoms with Gasteiger partial charge in [0, 0.05) is 54.9 Å². The van der Waals surface area contributed by atoms with Gasteiger partial charge in [0.05, 0.1) is 7.11 Å². The van der Waals surface area contributed by atoms with Crippen LogP contribution in [0.25, 0.3) is 0 Å². The lowest BCUT2D eigenvalue weighted by atomic mass is 10.1. The lowest BCUT2D eigenvalue weighted by Crippen LogP contribution is -2.44. The number of nitrogens with zero attached hydrogens (tertiary/aromatic N) is 2. The molecular formula is C28H32N4O4. The number of piperazine rings is 1. The summed E-state index contributed by atoms with van der Waals surface area (Å²) in [6.07, 6.45) is 0. The molecule has 0 radical (unpaired) electrons. The molecule has 0 aliphatic carbocycles. The fourth-order valence-corrected chi connectivity index (χ4v) is 4.09. The molecule has 0 spiro atoms. The van der Waals surface area contributed by atoms with Crippen LogP contribution in [0.2, 0.25) is 0 Å². The van der Waals surface area contributed by atoms with E-state index in [-0.39, 0.29) is 18.4 Å². The zero-order valence-corrected chi connectivity index (χ0v) is 20.9. The van der Waals surface area contributed by atoms with Gasteiger partial charge in [-0.05, 0) is 74.1 Å². The molecule has 0 aromatic heterocycles. The summed E-state index contributed by atoms with van der Waals surface area (Å²) in [5.41, 5.74) is 4.22. The molecule has 2 amide bonds. The predicted octanol–water partition coefficient (Wildman–Crippen LogP) is 4.03. The zero-order chi connectivity index (χ0) is 25.5. The number of anilines is 3. The zero-order valence-electron chi connectivity index (χ0n) is 20.9. The molecule has 3 aromatic rings. The van der Waals surface area contributed by atoms with Crippen LogP contribution >= 0.6 is 0 Å². The highest BCUT2D eigenvalue weighted by molar-refractivity contribution is 6.04. The molecule has 8 heteroatoms. The van der Waals surface area contributed by atoms with E-state index < -0.39 is 0 Å². The number of benzene rings is 3. The van der Waals surface area contributed by atoms with Crippen molar-refractivity contribution >= 4 is 28.9 Å². The largest absolute Gasteiger partial charge is 0.497 e. The Morgan fingerprint density at radius 2 is 1.58 bits per heavy atom. The first-order valence-electron chi connectivity index (χ1n) is 11.9. The number of carbonyl (C=O) groups is 2. The summed E-state index contributed by atoms with van der Waals surface area (Å²) >= 11 is 0. The number of aryl methyl sites for hydroxylation is 1. The Balaban J connectivity index is 1.28.